The van der Waals surface area contributed by atoms with Crippen molar-refractivity contribution >= 4 is 47.4 Å². The van der Waals surface area contributed by atoms with Gasteiger partial charge < -0.3 is 20.7 Å². The lowest BCUT2D eigenvalue weighted by Crippen LogP contribution is -2.49. The van der Waals surface area contributed by atoms with Gasteiger partial charge in [0.15, 0.2) is 6.10 Å². The smallest absolute Gasteiger partial charge is 0.263 e. The molecule has 2 amide bonds. The first-order chi connectivity index (χ1) is 11.9. The van der Waals surface area contributed by atoms with Crippen LogP contribution in [0.15, 0.2) is 18.2 Å². The number of hydrogen-bond donors (Lipinski definition) is 2. The molecule has 1 saturated heterocycles. The van der Waals surface area contributed by atoms with Crippen LogP contribution in [-0.4, -0.2) is 49.0 Å². The monoisotopic (exact) mass is 423 g/mol. The van der Waals surface area contributed by atoms with E-state index in [0.717, 1.165) is 12.8 Å². The maximum atomic E-state index is 12.6. The molecule has 0 radical (unpaired) electrons. The summed E-state index contributed by atoms with van der Waals surface area (Å²) >= 11 is 11.9. The molecule has 1 aliphatic rings. The number of piperidine rings is 1. The van der Waals surface area contributed by atoms with Crippen molar-refractivity contribution in [1.82, 2.24) is 10.2 Å². The number of rotatable bonds is 6. The quantitative estimate of drug-likeness (QED) is 0.735. The predicted molar refractivity (Wildman–Crippen MR) is 105 cm³/mol. The maximum Gasteiger partial charge on any atom is 0.263 e. The zero-order valence-electron chi connectivity index (χ0n) is 14.5. The summed E-state index contributed by atoms with van der Waals surface area (Å²) in [7, 11) is 0. The summed E-state index contributed by atoms with van der Waals surface area (Å²) in [6.45, 7) is 3.51. The Balaban J connectivity index is 0.00000338. The van der Waals surface area contributed by atoms with Crippen LogP contribution in [0.5, 0.6) is 5.75 Å². The summed E-state index contributed by atoms with van der Waals surface area (Å²) in [6, 6.07) is 4.85. The third-order valence-corrected chi connectivity index (χ3v) is 4.62. The Morgan fingerprint density at radius 2 is 2.15 bits per heavy atom. The Morgan fingerprint density at radius 3 is 2.81 bits per heavy atom. The minimum absolute atomic E-state index is 0. The highest BCUT2D eigenvalue weighted by atomic mass is 35.5. The van der Waals surface area contributed by atoms with Gasteiger partial charge in [-0.05, 0) is 38.0 Å². The minimum atomic E-state index is -0.704. The van der Waals surface area contributed by atoms with Crippen molar-refractivity contribution in [3.63, 3.8) is 0 Å². The first-order valence-corrected chi connectivity index (χ1v) is 9.06. The van der Waals surface area contributed by atoms with Crippen LogP contribution in [0.3, 0.4) is 0 Å². The Labute approximate surface area is 169 Å². The molecule has 1 aromatic rings. The zero-order chi connectivity index (χ0) is 18.4. The van der Waals surface area contributed by atoms with Crippen molar-refractivity contribution in [3.8, 4) is 5.75 Å². The van der Waals surface area contributed by atoms with E-state index in [0.29, 0.717) is 42.0 Å². The number of amides is 2. The van der Waals surface area contributed by atoms with Crippen LogP contribution >= 0.6 is 35.6 Å². The van der Waals surface area contributed by atoms with Crippen LogP contribution in [0.1, 0.15) is 19.8 Å². The molecule has 2 unspecified atom stereocenters. The molecule has 3 N–H and O–H groups in total. The number of halogens is 3. The van der Waals surface area contributed by atoms with Crippen LogP contribution in [-0.2, 0) is 9.59 Å². The van der Waals surface area contributed by atoms with E-state index < -0.39 is 6.10 Å². The van der Waals surface area contributed by atoms with Crippen molar-refractivity contribution < 1.29 is 14.3 Å². The molecule has 2 rings (SSSR count). The van der Waals surface area contributed by atoms with Gasteiger partial charge >= 0.3 is 0 Å². The number of likely N-dealkylation sites (tertiary alicyclic amines) is 1. The summed E-state index contributed by atoms with van der Waals surface area (Å²) < 4.78 is 5.68. The summed E-state index contributed by atoms with van der Waals surface area (Å²) in [5.41, 5.74) is 5.40. The van der Waals surface area contributed by atoms with Gasteiger partial charge in [-0.25, -0.2) is 0 Å². The molecule has 0 bridgehead atoms. The third-order valence-electron chi connectivity index (χ3n) is 4.09. The van der Waals surface area contributed by atoms with E-state index >= 15 is 0 Å². The molecular weight excluding hydrogens is 401 g/mol. The average molecular weight is 425 g/mol. The van der Waals surface area contributed by atoms with Gasteiger partial charge in [0.2, 0.25) is 5.91 Å². The molecule has 6 nitrogen and oxygen atoms in total. The highest BCUT2D eigenvalue weighted by Gasteiger charge is 2.31. The van der Waals surface area contributed by atoms with Gasteiger partial charge in [-0.1, -0.05) is 23.2 Å². The predicted octanol–water partition coefficient (Wildman–Crippen LogP) is 2.50. The Hall–Kier alpha value is -1.21. The first kappa shape index (κ1) is 22.8. The molecule has 26 heavy (non-hydrogen) atoms. The molecule has 0 spiro atoms. The second-order valence-corrected chi connectivity index (χ2v) is 6.88. The molecule has 1 heterocycles. The molecule has 1 aromatic carbocycles. The van der Waals surface area contributed by atoms with Gasteiger partial charge in [0.25, 0.3) is 5.91 Å². The zero-order valence-corrected chi connectivity index (χ0v) is 16.9. The van der Waals surface area contributed by atoms with E-state index in [2.05, 4.69) is 5.32 Å². The van der Waals surface area contributed by atoms with Gasteiger partial charge in [-0.2, -0.15) is 0 Å². The number of nitrogens with zero attached hydrogens (tertiary/aromatic N) is 1. The average Bonchev–Trinajstić information content (AvgIpc) is 2.61. The van der Waals surface area contributed by atoms with E-state index in [-0.39, 0.29) is 30.1 Å². The fourth-order valence-corrected chi connectivity index (χ4v) is 3.25. The largest absolute Gasteiger partial charge is 0.479 e. The van der Waals surface area contributed by atoms with Gasteiger partial charge in [0, 0.05) is 31.2 Å². The van der Waals surface area contributed by atoms with Crippen molar-refractivity contribution in [1.29, 1.82) is 0 Å². The lowest BCUT2D eigenvalue weighted by molar-refractivity contribution is -0.141. The molecule has 0 aromatic heterocycles. The minimum Gasteiger partial charge on any atom is -0.479 e. The number of carbonyl (C=O) groups is 2. The Morgan fingerprint density at radius 1 is 1.42 bits per heavy atom. The lowest BCUT2D eigenvalue weighted by Gasteiger charge is -2.33. The Bertz CT molecular complexity index is 631. The van der Waals surface area contributed by atoms with E-state index in [1.54, 1.807) is 30.0 Å². The van der Waals surface area contributed by atoms with Gasteiger partial charge in [0.05, 0.1) is 10.9 Å². The highest BCUT2D eigenvalue weighted by molar-refractivity contribution is 6.35. The first-order valence-electron chi connectivity index (χ1n) is 8.30. The van der Waals surface area contributed by atoms with E-state index in [1.807, 2.05) is 0 Å². The molecule has 0 aliphatic carbocycles. The summed E-state index contributed by atoms with van der Waals surface area (Å²) in [5.74, 6) is -0.0312. The molecule has 146 valence electrons. The van der Waals surface area contributed by atoms with E-state index in [9.17, 15) is 9.59 Å². The van der Waals surface area contributed by atoms with Gasteiger partial charge in [0.1, 0.15) is 5.75 Å². The number of carbonyl (C=O) groups excluding carboxylic acids is 2. The van der Waals surface area contributed by atoms with Crippen LogP contribution in [0.25, 0.3) is 0 Å². The molecule has 2 atom stereocenters. The summed E-state index contributed by atoms with van der Waals surface area (Å²) in [6.07, 6.45) is 0.837. The standard InChI is InChI=1S/C17H23Cl2N3O3.ClH/c1-11(25-15-5-4-13(18)9-14(15)19)17(24)22-8-2-3-12(10-22)16(23)21-7-6-20;/h4-5,9,11-12H,2-3,6-8,10,20H2,1H3,(H,21,23);1H. The van der Waals surface area contributed by atoms with Crippen molar-refractivity contribution in [2.24, 2.45) is 11.7 Å². The number of nitrogens with one attached hydrogen (secondary N) is 1. The van der Waals surface area contributed by atoms with Crippen molar-refractivity contribution in [3.05, 3.63) is 28.2 Å². The fourth-order valence-electron chi connectivity index (χ4n) is 2.80. The topological polar surface area (TPSA) is 84.7 Å². The van der Waals surface area contributed by atoms with Crippen LogP contribution in [0.2, 0.25) is 10.0 Å². The molecule has 0 saturated carbocycles. The molecule has 9 heteroatoms. The van der Waals surface area contributed by atoms with Crippen LogP contribution < -0.4 is 15.8 Å². The second kappa shape index (κ2) is 10.8. The number of ether oxygens (including phenoxy) is 1. The SMILES string of the molecule is CC(Oc1ccc(Cl)cc1Cl)C(=O)N1CCCC(C(=O)NCCN)C1.Cl. The van der Waals surface area contributed by atoms with Crippen molar-refractivity contribution in [2.45, 2.75) is 25.9 Å². The van der Waals surface area contributed by atoms with E-state index in [4.69, 9.17) is 33.7 Å². The third kappa shape index (κ3) is 6.20. The lowest BCUT2D eigenvalue weighted by atomic mass is 9.96. The summed E-state index contributed by atoms with van der Waals surface area (Å²) in [4.78, 5) is 26.4. The molecule has 1 aliphatic heterocycles. The summed E-state index contributed by atoms with van der Waals surface area (Å²) in [5, 5.41) is 3.63. The fraction of sp³-hybridized carbons (Fsp3) is 0.529. The molecular formula is C17H24Cl3N3O3. The van der Waals surface area contributed by atoms with E-state index in [1.165, 1.54) is 0 Å². The number of benzene rings is 1. The highest BCUT2D eigenvalue weighted by Crippen LogP contribution is 2.28. The van der Waals surface area contributed by atoms with Crippen LogP contribution in [0.4, 0.5) is 0 Å². The Kier molecular flexibility index (Phi) is 9.50. The van der Waals surface area contributed by atoms with Crippen LogP contribution in [0, 0.1) is 5.92 Å². The number of hydrogen-bond acceptors (Lipinski definition) is 4. The van der Waals surface area contributed by atoms with Gasteiger partial charge in [-0.15, -0.1) is 12.4 Å². The second-order valence-electron chi connectivity index (χ2n) is 6.04. The number of nitrogens with two attached hydrogens (primary N) is 1. The maximum absolute atomic E-state index is 12.6. The van der Waals surface area contributed by atoms with Crippen molar-refractivity contribution in [2.75, 3.05) is 26.2 Å². The molecule has 1 fully saturated rings. The van der Waals surface area contributed by atoms with Gasteiger partial charge in [-0.3, -0.25) is 9.59 Å². The normalized spacial score (nSPS) is 17.8.